The molecule has 76 valence electrons. The average Bonchev–Trinajstić information content (AvgIpc) is 2.23. The number of nitrogens with two attached hydrogens (primary N) is 2. The molecule has 1 fully saturated rings. The second kappa shape index (κ2) is 4.11. The van der Waals surface area contributed by atoms with Crippen molar-refractivity contribution in [1.82, 2.24) is 0 Å². The van der Waals surface area contributed by atoms with Crippen molar-refractivity contribution in [3.63, 3.8) is 0 Å². The normalized spacial score (nSPS) is 32.9. The first-order valence-electron chi connectivity index (χ1n) is 5.33. The van der Waals surface area contributed by atoms with E-state index in [9.17, 15) is 0 Å². The molecule has 2 heteroatoms. The van der Waals surface area contributed by atoms with Crippen molar-refractivity contribution in [3.05, 3.63) is 35.9 Å². The molecule has 1 saturated carbocycles. The van der Waals surface area contributed by atoms with Gasteiger partial charge in [-0.25, -0.2) is 0 Å². The summed E-state index contributed by atoms with van der Waals surface area (Å²) in [6.07, 6.45) is 3.27. The summed E-state index contributed by atoms with van der Waals surface area (Å²) in [5.74, 6) is 0.617. The molecule has 0 aromatic heterocycles. The molecule has 4 N–H and O–H groups in total. The standard InChI is InChI=1S/C12H18N2/c13-11-7-6-10(8-12(11)14)9-4-2-1-3-5-9/h1-5,10-12H,6-8,13-14H2. The van der Waals surface area contributed by atoms with Crippen LogP contribution in [0.2, 0.25) is 0 Å². The Balaban J connectivity index is 2.07. The van der Waals surface area contributed by atoms with Crippen LogP contribution in [0.5, 0.6) is 0 Å². The summed E-state index contributed by atoms with van der Waals surface area (Å²) in [4.78, 5) is 0. The average molecular weight is 190 g/mol. The first kappa shape index (κ1) is 9.69. The number of benzene rings is 1. The van der Waals surface area contributed by atoms with E-state index >= 15 is 0 Å². The predicted molar refractivity (Wildman–Crippen MR) is 59.0 cm³/mol. The zero-order valence-electron chi connectivity index (χ0n) is 8.39. The van der Waals surface area contributed by atoms with E-state index in [-0.39, 0.29) is 12.1 Å². The van der Waals surface area contributed by atoms with Gasteiger partial charge >= 0.3 is 0 Å². The van der Waals surface area contributed by atoms with E-state index in [1.807, 2.05) is 0 Å². The zero-order chi connectivity index (χ0) is 9.97. The van der Waals surface area contributed by atoms with Gasteiger partial charge in [-0.15, -0.1) is 0 Å². The van der Waals surface area contributed by atoms with E-state index in [0.717, 1.165) is 12.8 Å². The maximum absolute atomic E-state index is 5.98. The summed E-state index contributed by atoms with van der Waals surface area (Å²) in [6.45, 7) is 0. The molecule has 2 nitrogen and oxygen atoms in total. The Morgan fingerprint density at radius 1 is 0.929 bits per heavy atom. The van der Waals surface area contributed by atoms with Gasteiger partial charge in [-0.1, -0.05) is 30.3 Å². The minimum atomic E-state index is 0.175. The quantitative estimate of drug-likeness (QED) is 0.707. The van der Waals surface area contributed by atoms with Crippen molar-refractivity contribution < 1.29 is 0 Å². The van der Waals surface area contributed by atoms with Crippen LogP contribution >= 0.6 is 0 Å². The van der Waals surface area contributed by atoms with Crippen molar-refractivity contribution in [2.24, 2.45) is 11.5 Å². The summed E-state index contributed by atoms with van der Waals surface area (Å²) >= 11 is 0. The lowest BCUT2D eigenvalue weighted by atomic mass is 9.79. The minimum Gasteiger partial charge on any atom is -0.326 e. The molecule has 0 bridgehead atoms. The van der Waals surface area contributed by atoms with Crippen LogP contribution in [0.25, 0.3) is 0 Å². The molecule has 3 atom stereocenters. The van der Waals surface area contributed by atoms with E-state index in [2.05, 4.69) is 30.3 Å². The molecule has 0 saturated heterocycles. The smallest absolute Gasteiger partial charge is 0.0198 e. The van der Waals surface area contributed by atoms with Crippen molar-refractivity contribution in [2.75, 3.05) is 0 Å². The summed E-state index contributed by atoms with van der Waals surface area (Å²) in [6, 6.07) is 11.0. The third-order valence-corrected chi connectivity index (χ3v) is 3.23. The van der Waals surface area contributed by atoms with Crippen molar-refractivity contribution in [1.29, 1.82) is 0 Å². The van der Waals surface area contributed by atoms with E-state index in [1.54, 1.807) is 0 Å². The van der Waals surface area contributed by atoms with Crippen LogP contribution in [0, 0.1) is 0 Å². The fourth-order valence-corrected chi connectivity index (χ4v) is 2.26. The van der Waals surface area contributed by atoms with Gasteiger partial charge in [-0.3, -0.25) is 0 Å². The topological polar surface area (TPSA) is 52.0 Å². The van der Waals surface area contributed by atoms with Gasteiger partial charge in [0.2, 0.25) is 0 Å². The van der Waals surface area contributed by atoms with Gasteiger partial charge in [-0.2, -0.15) is 0 Å². The second-order valence-corrected chi connectivity index (χ2v) is 4.25. The number of hydrogen-bond acceptors (Lipinski definition) is 2. The van der Waals surface area contributed by atoms with Crippen LogP contribution in [0.15, 0.2) is 30.3 Å². The minimum absolute atomic E-state index is 0.175. The molecule has 1 aromatic carbocycles. The van der Waals surface area contributed by atoms with Gasteiger partial charge in [0.25, 0.3) is 0 Å². The van der Waals surface area contributed by atoms with Crippen LogP contribution in [0.4, 0.5) is 0 Å². The number of rotatable bonds is 1. The largest absolute Gasteiger partial charge is 0.326 e. The van der Waals surface area contributed by atoms with Crippen molar-refractivity contribution >= 4 is 0 Å². The third kappa shape index (κ3) is 1.97. The first-order valence-corrected chi connectivity index (χ1v) is 5.33. The molecular formula is C12H18N2. The predicted octanol–water partition coefficient (Wildman–Crippen LogP) is 1.61. The molecular weight excluding hydrogens is 172 g/mol. The Morgan fingerprint density at radius 2 is 1.64 bits per heavy atom. The molecule has 1 aliphatic carbocycles. The molecule has 0 aliphatic heterocycles. The summed E-state index contributed by atoms with van der Waals surface area (Å²) in [5.41, 5.74) is 13.3. The van der Waals surface area contributed by atoms with Crippen LogP contribution in [-0.2, 0) is 0 Å². The van der Waals surface area contributed by atoms with Crippen LogP contribution < -0.4 is 11.5 Å². The summed E-state index contributed by atoms with van der Waals surface area (Å²) in [5, 5.41) is 0. The van der Waals surface area contributed by atoms with Gasteiger partial charge in [0.15, 0.2) is 0 Å². The molecule has 1 aliphatic rings. The maximum atomic E-state index is 5.98. The Labute approximate surface area is 85.3 Å². The van der Waals surface area contributed by atoms with Crippen molar-refractivity contribution in [2.45, 2.75) is 37.3 Å². The van der Waals surface area contributed by atoms with Crippen LogP contribution in [0.3, 0.4) is 0 Å². The fraction of sp³-hybridized carbons (Fsp3) is 0.500. The lowest BCUT2D eigenvalue weighted by Crippen LogP contribution is -2.45. The third-order valence-electron chi connectivity index (χ3n) is 3.23. The van der Waals surface area contributed by atoms with Gasteiger partial charge in [0.05, 0.1) is 0 Å². The van der Waals surface area contributed by atoms with Gasteiger partial charge in [0, 0.05) is 12.1 Å². The van der Waals surface area contributed by atoms with E-state index < -0.39 is 0 Å². The molecule has 0 radical (unpaired) electrons. The van der Waals surface area contributed by atoms with E-state index in [0.29, 0.717) is 5.92 Å². The zero-order valence-corrected chi connectivity index (χ0v) is 8.39. The summed E-state index contributed by atoms with van der Waals surface area (Å²) < 4.78 is 0. The molecule has 1 aromatic rings. The highest BCUT2D eigenvalue weighted by Gasteiger charge is 2.25. The van der Waals surface area contributed by atoms with Crippen LogP contribution in [0.1, 0.15) is 30.7 Å². The fourth-order valence-electron chi connectivity index (χ4n) is 2.26. The van der Waals surface area contributed by atoms with Crippen molar-refractivity contribution in [3.8, 4) is 0 Å². The van der Waals surface area contributed by atoms with Crippen LogP contribution in [-0.4, -0.2) is 12.1 Å². The molecule has 0 amide bonds. The molecule has 2 rings (SSSR count). The monoisotopic (exact) mass is 190 g/mol. The maximum Gasteiger partial charge on any atom is 0.0198 e. The second-order valence-electron chi connectivity index (χ2n) is 4.25. The molecule has 0 spiro atoms. The highest BCUT2D eigenvalue weighted by atomic mass is 14.8. The first-order chi connectivity index (χ1) is 6.77. The Bertz CT molecular complexity index is 284. The molecule has 14 heavy (non-hydrogen) atoms. The Morgan fingerprint density at radius 3 is 2.29 bits per heavy atom. The molecule has 0 heterocycles. The summed E-state index contributed by atoms with van der Waals surface area (Å²) in [7, 11) is 0. The van der Waals surface area contributed by atoms with Gasteiger partial charge in [0.1, 0.15) is 0 Å². The highest BCUT2D eigenvalue weighted by Crippen LogP contribution is 2.31. The SMILES string of the molecule is NC1CCC(c2ccccc2)CC1N. The lowest BCUT2D eigenvalue weighted by Gasteiger charge is -2.31. The van der Waals surface area contributed by atoms with Gasteiger partial charge < -0.3 is 11.5 Å². The highest BCUT2D eigenvalue weighted by molar-refractivity contribution is 5.20. The van der Waals surface area contributed by atoms with E-state index in [4.69, 9.17) is 11.5 Å². The number of hydrogen-bond donors (Lipinski definition) is 2. The van der Waals surface area contributed by atoms with Gasteiger partial charge in [-0.05, 0) is 30.7 Å². The Kier molecular flexibility index (Phi) is 2.85. The lowest BCUT2D eigenvalue weighted by molar-refractivity contribution is 0.347. The molecule has 3 unspecified atom stereocenters. The van der Waals surface area contributed by atoms with E-state index in [1.165, 1.54) is 12.0 Å². The Hall–Kier alpha value is -0.860.